The molecule has 0 heterocycles. The normalized spacial score (nSPS) is 12.5. The van der Waals surface area contributed by atoms with Gasteiger partial charge in [-0.3, -0.25) is 0 Å². The molecule has 0 aliphatic rings. The molecule has 13 heavy (non-hydrogen) atoms. The Balaban J connectivity index is 3.50. The molecule has 3 heteroatoms. The van der Waals surface area contributed by atoms with Gasteiger partial charge < -0.3 is 15.3 Å². The van der Waals surface area contributed by atoms with E-state index in [1.807, 2.05) is 27.9 Å². The van der Waals surface area contributed by atoms with Crippen LogP contribution in [0.25, 0.3) is 0 Å². The average Bonchev–Trinajstić information content (AvgIpc) is 2.12. The fourth-order valence-electron chi connectivity index (χ4n) is 1.12. The Hall–Kier alpha value is -0.120. The summed E-state index contributed by atoms with van der Waals surface area (Å²) in [6.07, 6.45) is 1.64. The summed E-state index contributed by atoms with van der Waals surface area (Å²) < 4.78 is 0. The van der Waals surface area contributed by atoms with Crippen LogP contribution in [0.5, 0.6) is 0 Å². The number of likely N-dealkylation sites (N-methyl/N-ethyl adjacent to an activating group) is 1. The van der Waals surface area contributed by atoms with E-state index in [-0.39, 0.29) is 0 Å². The van der Waals surface area contributed by atoms with Gasteiger partial charge in [-0.25, -0.2) is 0 Å². The third-order valence-electron chi connectivity index (χ3n) is 2.51. The molecular formula is C10H24N2O. The smallest absolute Gasteiger partial charge is 0.0766 e. The predicted molar refractivity (Wildman–Crippen MR) is 57.0 cm³/mol. The van der Waals surface area contributed by atoms with Crippen molar-refractivity contribution < 1.29 is 5.11 Å². The Labute approximate surface area is 82.1 Å². The maximum absolute atomic E-state index is 9.92. The van der Waals surface area contributed by atoms with E-state index in [0.29, 0.717) is 6.54 Å². The second-order valence-corrected chi connectivity index (χ2v) is 3.91. The Kier molecular flexibility index (Phi) is 6.29. The van der Waals surface area contributed by atoms with Gasteiger partial charge in [0.05, 0.1) is 5.60 Å². The first kappa shape index (κ1) is 12.9. The zero-order valence-corrected chi connectivity index (χ0v) is 9.43. The van der Waals surface area contributed by atoms with Crippen LogP contribution in [0.15, 0.2) is 0 Å². The van der Waals surface area contributed by atoms with E-state index in [1.54, 1.807) is 0 Å². The average molecular weight is 188 g/mol. The summed E-state index contributed by atoms with van der Waals surface area (Å²) in [6.45, 7) is 6.71. The summed E-state index contributed by atoms with van der Waals surface area (Å²) in [5, 5.41) is 13.2. The monoisotopic (exact) mass is 188 g/mol. The molecule has 0 rings (SSSR count). The van der Waals surface area contributed by atoms with Crippen LogP contribution in [0, 0.1) is 0 Å². The molecule has 0 aliphatic heterocycles. The Morgan fingerprint density at radius 3 is 2.15 bits per heavy atom. The summed E-state index contributed by atoms with van der Waals surface area (Å²) in [7, 11) is 4.10. The summed E-state index contributed by atoms with van der Waals surface area (Å²) in [6, 6.07) is 0. The molecule has 0 aliphatic carbocycles. The van der Waals surface area contributed by atoms with E-state index in [0.717, 1.165) is 25.9 Å². The van der Waals surface area contributed by atoms with E-state index >= 15 is 0 Å². The molecule has 0 aromatic rings. The van der Waals surface area contributed by atoms with E-state index in [1.165, 1.54) is 0 Å². The lowest BCUT2D eigenvalue weighted by atomic mass is 9.98. The third kappa shape index (κ3) is 6.02. The zero-order valence-electron chi connectivity index (χ0n) is 9.43. The quantitative estimate of drug-likeness (QED) is 0.577. The van der Waals surface area contributed by atoms with Crippen LogP contribution in [0.3, 0.4) is 0 Å². The fourth-order valence-corrected chi connectivity index (χ4v) is 1.12. The maximum Gasteiger partial charge on any atom is 0.0766 e. The van der Waals surface area contributed by atoms with Crippen LogP contribution in [-0.2, 0) is 0 Å². The molecule has 0 spiro atoms. The molecule has 0 atom stereocenters. The van der Waals surface area contributed by atoms with Crippen LogP contribution >= 0.6 is 0 Å². The standard InChI is InChI=1S/C10H24N2O/c1-5-10(13,6-2)9-11-7-8-12(3)4/h11,13H,5-9H2,1-4H3. The predicted octanol–water partition coefficient (Wildman–Crippen LogP) is 0.689. The van der Waals surface area contributed by atoms with E-state index in [4.69, 9.17) is 0 Å². The molecule has 0 aromatic carbocycles. The zero-order chi connectivity index (χ0) is 10.3. The summed E-state index contributed by atoms with van der Waals surface area (Å²) in [4.78, 5) is 2.13. The van der Waals surface area contributed by atoms with Crippen molar-refractivity contribution in [2.24, 2.45) is 0 Å². The molecule has 80 valence electrons. The number of nitrogens with one attached hydrogen (secondary N) is 1. The highest BCUT2D eigenvalue weighted by Crippen LogP contribution is 2.12. The lowest BCUT2D eigenvalue weighted by Gasteiger charge is -2.25. The molecule has 0 saturated heterocycles. The molecule has 2 N–H and O–H groups in total. The number of aliphatic hydroxyl groups is 1. The Bertz CT molecular complexity index is 122. The van der Waals surface area contributed by atoms with Gasteiger partial charge >= 0.3 is 0 Å². The van der Waals surface area contributed by atoms with Crippen LogP contribution < -0.4 is 5.32 Å². The van der Waals surface area contributed by atoms with Crippen molar-refractivity contribution in [3.8, 4) is 0 Å². The topological polar surface area (TPSA) is 35.5 Å². The molecule has 0 bridgehead atoms. The van der Waals surface area contributed by atoms with Gasteiger partial charge in [0.1, 0.15) is 0 Å². The Morgan fingerprint density at radius 1 is 1.23 bits per heavy atom. The highest BCUT2D eigenvalue weighted by Gasteiger charge is 2.20. The van der Waals surface area contributed by atoms with Crippen LogP contribution in [0.2, 0.25) is 0 Å². The van der Waals surface area contributed by atoms with E-state index < -0.39 is 5.60 Å². The minimum absolute atomic E-state index is 0.508. The van der Waals surface area contributed by atoms with Crippen LogP contribution in [-0.4, -0.2) is 49.3 Å². The molecule has 0 aromatic heterocycles. The SMILES string of the molecule is CCC(O)(CC)CNCCN(C)C. The lowest BCUT2D eigenvalue weighted by molar-refractivity contribution is 0.0324. The molecule has 0 unspecified atom stereocenters. The van der Waals surface area contributed by atoms with Gasteiger partial charge in [-0.2, -0.15) is 0 Å². The second kappa shape index (κ2) is 6.35. The first-order valence-electron chi connectivity index (χ1n) is 5.12. The molecule has 0 amide bonds. The largest absolute Gasteiger partial charge is 0.389 e. The van der Waals surface area contributed by atoms with Crippen molar-refractivity contribution in [3.05, 3.63) is 0 Å². The highest BCUT2D eigenvalue weighted by molar-refractivity contribution is 4.77. The fraction of sp³-hybridized carbons (Fsp3) is 1.00. The van der Waals surface area contributed by atoms with E-state index in [2.05, 4.69) is 10.2 Å². The van der Waals surface area contributed by atoms with Gasteiger partial charge in [-0.1, -0.05) is 13.8 Å². The van der Waals surface area contributed by atoms with Crippen LogP contribution in [0.4, 0.5) is 0 Å². The number of hydrogen-bond acceptors (Lipinski definition) is 3. The van der Waals surface area contributed by atoms with Gasteiger partial charge in [-0.05, 0) is 26.9 Å². The minimum atomic E-state index is -0.508. The van der Waals surface area contributed by atoms with Crippen molar-refractivity contribution in [3.63, 3.8) is 0 Å². The highest BCUT2D eigenvalue weighted by atomic mass is 16.3. The molecular weight excluding hydrogens is 164 g/mol. The first-order valence-corrected chi connectivity index (χ1v) is 5.12. The number of nitrogens with zero attached hydrogens (tertiary/aromatic N) is 1. The molecule has 3 nitrogen and oxygen atoms in total. The minimum Gasteiger partial charge on any atom is -0.389 e. The molecule has 0 saturated carbocycles. The van der Waals surface area contributed by atoms with E-state index in [9.17, 15) is 5.11 Å². The summed E-state index contributed by atoms with van der Waals surface area (Å²) in [5.41, 5.74) is -0.508. The van der Waals surface area contributed by atoms with Crippen molar-refractivity contribution in [2.45, 2.75) is 32.3 Å². The van der Waals surface area contributed by atoms with Gasteiger partial charge in [0, 0.05) is 19.6 Å². The summed E-state index contributed by atoms with van der Waals surface area (Å²) >= 11 is 0. The van der Waals surface area contributed by atoms with Crippen LogP contribution in [0.1, 0.15) is 26.7 Å². The number of rotatable bonds is 7. The lowest BCUT2D eigenvalue weighted by Crippen LogP contribution is -2.41. The molecule has 0 fully saturated rings. The van der Waals surface area contributed by atoms with Crippen molar-refractivity contribution in [2.75, 3.05) is 33.7 Å². The first-order chi connectivity index (χ1) is 6.04. The molecule has 0 radical (unpaired) electrons. The van der Waals surface area contributed by atoms with Gasteiger partial charge in [0.15, 0.2) is 0 Å². The van der Waals surface area contributed by atoms with Gasteiger partial charge in [0.2, 0.25) is 0 Å². The Morgan fingerprint density at radius 2 is 1.77 bits per heavy atom. The maximum atomic E-state index is 9.92. The second-order valence-electron chi connectivity index (χ2n) is 3.91. The third-order valence-corrected chi connectivity index (χ3v) is 2.51. The van der Waals surface area contributed by atoms with Crippen molar-refractivity contribution in [1.29, 1.82) is 0 Å². The van der Waals surface area contributed by atoms with Crippen molar-refractivity contribution >= 4 is 0 Å². The summed E-state index contributed by atoms with van der Waals surface area (Å²) in [5.74, 6) is 0. The van der Waals surface area contributed by atoms with Gasteiger partial charge in [0.25, 0.3) is 0 Å². The number of hydrogen-bond donors (Lipinski definition) is 2. The van der Waals surface area contributed by atoms with Gasteiger partial charge in [-0.15, -0.1) is 0 Å². The van der Waals surface area contributed by atoms with Crippen molar-refractivity contribution in [1.82, 2.24) is 10.2 Å².